The van der Waals surface area contributed by atoms with E-state index in [1.165, 1.54) is 4.90 Å². The SMILES string of the molecule is CC(C)(C)NC(=O)CCNC(=O)N1CCCC1(C)C(=O)O. The first-order valence-electron chi connectivity index (χ1n) is 7.16. The Balaban J connectivity index is 2.44. The summed E-state index contributed by atoms with van der Waals surface area (Å²) in [6.45, 7) is 7.80. The van der Waals surface area contributed by atoms with E-state index in [9.17, 15) is 19.5 Å². The Morgan fingerprint density at radius 1 is 1.29 bits per heavy atom. The van der Waals surface area contributed by atoms with Gasteiger partial charge in [0.05, 0.1) is 0 Å². The van der Waals surface area contributed by atoms with Gasteiger partial charge in [-0.2, -0.15) is 0 Å². The fourth-order valence-corrected chi connectivity index (χ4v) is 2.37. The first-order valence-corrected chi connectivity index (χ1v) is 7.16. The van der Waals surface area contributed by atoms with Crippen molar-refractivity contribution in [3.8, 4) is 0 Å². The van der Waals surface area contributed by atoms with Gasteiger partial charge in [0.1, 0.15) is 5.54 Å². The van der Waals surface area contributed by atoms with Crippen LogP contribution in [0, 0.1) is 0 Å². The number of hydrogen-bond acceptors (Lipinski definition) is 3. The van der Waals surface area contributed by atoms with Crippen molar-refractivity contribution in [2.45, 2.75) is 58.0 Å². The van der Waals surface area contributed by atoms with Gasteiger partial charge in [0, 0.05) is 25.0 Å². The second-order valence-electron chi connectivity index (χ2n) is 6.61. The lowest BCUT2D eigenvalue weighted by Gasteiger charge is -2.31. The van der Waals surface area contributed by atoms with Crippen LogP contribution in [0.1, 0.15) is 47.0 Å². The van der Waals surface area contributed by atoms with Crippen LogP contribution in [-0.4, -0.2) is 52.1 Å². The van der Waals surface area contributed by atoms with Gasteiger partial charge in [-0.1, -0.05) is 0 Å². The van der Waals surface area contributed by atoms with E-state index in [4.69, 9.17) is 0 Å². The van der Waals surface area contributed by atoms with Gasteiger partial charge in [-0.25, -0.2) is 9.59 Å². The smallest absolute Gasteiger partial charge is 0.329 e. The molecule has 0 aromatic rings. The highest BCUT2D eigenvalue weighted by Gasteiger charge is 2.45. The summed E-state index contributed by atoms with van der Waals surface area (Å²) in [5.74, 6) is -1.15. The summed E-state index contributed by atoms with van der Waals surface area (Å²) in [6.07, 6.45) is 1.28. The predicted molar refractivity (Wildman–Crippen MR) is 77.9 cm³/mol. The quantitative estimate of drug-likeness (QED) is 0.719. The molecule has 1 atom stereocenters. The minimum absolute atomic E-state index is 0.148. The van der Waals surface area contributed by atoms with Crippen molar-refractivity contribution in [1.82, 2.24) is 15.5 Å². The van der Waals surface area contributed by atoms with Gasteiger partial charge in [-0.3, -0.25) is 4.79 Å². The van der Waals surface area contributed by atoms with Crippen LogP contribution in [0.2, 0.25) is 0 Å². The Labute approximate surface area is 125 Å². The van der Waals surface area contributed by atoms with Gasteiger partial charge in [0.2, 0.25) is 5.91 Å². The second-order valence-corrected chi connectivity index (χ2v) is 6.61. The Kier molecular flexibility index (Phi) is 5.20. The molecular weight excluding hydrogens is 274 g/mol. The average molecular weight is 299 g/mol. The van der Waals surface area contributed by atoms with E-state index < -0.39 is 17.5 Å². The third-order valence-corrected chi connectivity index (χ3v) is 3.49. The normalized spacial score (nSPS) is 22.0. The van der Waals surface area contributed by atoms with Crippen molar-refractivity contribution in [1.29, 1.82) is 0 Å². The van der Waals surface area contributed by atoms with Crippen LogP contribution in [-0.2, 0) is 9.59 Å². The van der Waals surface area contributed by atoms with E-state index in [2.05, 4.69) is 10.6 Å². The van der Waals surface area contributed by atoms with Crippen molar-refractivity contribution in [3.05, 3.63) is 0 Å². The van der Waals surface area contributed by atoms with Gasteiger partial charge in [-0.05, 0) is 40.5 Å². The Morgan fingerprint density at radius 3 is 2.43 bits per heavy atom. The number of hydrogen-bond donors (Lipinski definition) is 3. The summed E-state index contributed by atoms with van der Waals surface area (Å²) < 4.78 is 0. The summed E-state index contributed by atoms with van der Waals surface area (Å²) in [5.41, 5.74) is -1.46. The first kappa shape index (κ1) is 17.3. The van der Waals surface area contributed by atoms with Crippen LogP contribution < -0.4 is 10.6 Å². The van der Waals surface area contributed by atoms with Crippen molar-refractivity contribution in [3.63, 3.8) is 0 Å². The molecule has 3 N–H and O–H groups in total. The van der Waals surface area contributed by atoms with Crippen molar-refractivity contribution in [2.24, 2.45) is 0 Å². The van der Waals surface area contributed by atoms with Crippen LogP contribution in [0.15, 0.2) is 0 Å². The molecule has 1 rings (SSSR count). The van der Waals surface area contributed by atoms with Crippen LogP contribution in [0.3, 0.4) is 0 Å². The molecule has 21 heavy (non-hydrogen) atoms. The number of likely N-dealkylation sites (tertiary alicyclic amines) is 1. The largest absolute Gasteiger partial charge is 0.480 e. The molecule has 3 amide bonds. The van der Waals surface area contributed by atoms with E-state index >= 15 is 0 Å². The average Bonchev–Trinajstić information content (AvgIpc) is 2.70. The number of carboxylic acids is 1. The van der Waals surface area contributed by atoms with Gasteiger partial charge < -0.3 is 20.6 Å². The van der Waals surface area contributed by atoms with Gasteiger partial charge in [-0.15, -0.1) is 0 Å². The van der Waals surface area contributed by atoms with E-state index in [-0.39, 0.29) is 24.4 Å². The maximum Gasteiger partial charge on any atom is 0.329 e. The number of carboxylic acid groups (broad SMARTS) is 1. The summed E-state index contributed by atoms with van der Waals surface area (Å²) in [5, 5.41) is 14.7. The molecule has 7 nitrogen and oxygen atoms in total. The van der Waals surface area contributed by atoms with Crippen molar-refractivity contribution < 1.29 is 19.5 Å². The fraction of sp³-hybridized carbons (Fsp3) is 0.786. The number of aliphatic carboxylic acids is 1. The zero-order chi connectivity index (χ0) is 16.3. The van der Waals surface area contributed by atoms with Crippen LogP contribution in [0.5, 0.6) is 0 Å². The Hall–Kier alpha value is -1.79. The lowest BCUT2D eigenvalue weighted by molar-refractivity contribution is -0.147. The third-order valence-electron chi connectivity index (χ3n) is 3.49. The minimum Gasteiger partial charge on any atom is -0.480 e. The van der Waals surface area contributed by atoms with E-state index in [1.54, 1.807) is 6.92 Å². The molecule has 1 fully saturated rings. The molecule has 1 unspecified atom stereocenters. The molecule has 1 aliphatic rings. The molecule has 120 valence electrons. The van der Waals surface area contributed by atoms with Crippen molar-refractivity contribution >= 4 is 17.9 Å². The summed E-state index contributed by atoms with van der Waals surface area (Å²) >= 11 is 0. The fourth-order valence-electron chi connectivity index (χ4n) is 2.37. The lowest BCUT2D eigenvalue weighted by atomic mass is 10.00. The summed E-state index contributed by atoms with van der Waals surface area (Å²) in [4.78, 5) is 36.3. The zero-order valence-electron chi connectivity index (χ0n) is 13.2. The lowest BCUT2D eigenvalue weighted by Crippen LogP contribution is -2.54. The number of amides is 3. The number of nitrogens with zero attached hydrogens (tertiary/aromatic N) is 1. The standard InChI is InChI=1S/C14H25N3O4/c1-13(2,3)16-10(18)6-8-15-12(21)17-9-5-7-14(17,4)11(19)20/h5-9H2,1-4H3,(H,15,21)(H,16,18)(H,19,20). The third kappa shape index (κ3) is 4.61. The molecule has 1 aliphatic heterocycles. The number of rotatable bonds is 4. The Bertz CT molecular complexity index is 430. The molecule has 0 bridgehead atoms. The highest BCUT2D eigenvalue weighted by Crippen LogP contribution is 2.29. The monoisotopic (exact) mass is 299 g/mol. The highest BCUT2D eigenvalue weighted by atomic mass is 16.4. The molecular formula is C14H25N3O4. The van der Waals surface area contributed by atoms with E-state index in [1.807, 2.05) is 20.8 Å². The Morgan fingerprint density at radius 2 is 1.90 bits per heavy atom. The highest BCUT2D eigenvalue weighted by molar-refractivity contribution is 5.87. The van der Waals surface area contributed by atoms with E-state index in [0.29, 0.717) is 19.4 Å². The molecule has 0 spiro atoms. The second kappa shape index (κ2) is 6.32. The number of carbonyl (C=O) groups is 3. The maximum absolute atomic E-state index is 12.1. The van der Waals surface area contributed by atoms with Crippen molar-refractivity contribution in [2.75, 3.05) is 13.1 Å². The molecule has 0 aromatic carbocycles. The topological polar surface area (TPSA) is 98.7 Å². The molecule has 0 aliphatic carbocycles. The summed E-state index contributed by atoms with van der Waals surface area (Å²) in [6, 6.07) is -0.430. The summed E-state index contributed by atoms with van der Waals surface area (Å²) in [7, 11) is 0. The van der Waals surface area contributed by atoms with E-state index in [0.717, 1.165) is 0 Å². The number of nitrogens with one attached hydrogen (secondary N) is 2. The van der Waals surface area contributed by atoms with Crippen LogP contribution in [0.25, 0.3) is 0 Å². The molecule has 0 radical (unpaired) electrons. The zero-order valence-corrected chi connectivity index (χ0v) is 13.2. The minimum atomic E-state index is -1.16. The maximum atomic E-state index is 12.1. The van der Waals surface area contributed by atoms with Crippen LogP contribution >= 0.6 is 0 Å². The molecule has 1 heterocycles. The van der Waals surface area contributed by atoms with Crippen LogP contribution in [0.4, 0.5) is 4.79 Å². The van der Waals surface area contributed by atoms with Gasteiger partial charge in [0.25, 0.3) is 0 Å². The number of urea groups is 1. The first-order chi connectivity index (χ1) is 9.56. The number of carbonyl (C=O) groups excluding carboxylic acids is 2. The van der Waals surface area contributed by atoms with Gasteiger partial charge in [0.15, 0.2) is 0 Å². The predicted octanol–water partition coefficient (Wildman–Crippen LogP) is 0.940. The molecule has 0 saturated carbocycles. The molecule has 1 saturated heterocycles. The molecule has 0 aromatic heterocycles. The van der Waals surface area contributed by atoms with Gasteiger partial charge >= 0.3 is 12.0 Å². The molecule has 7 heteroatoms.